The molecule has 0 saturated heterocycles. The molecule has 110 valence electrons. The van der Waals surface area contributed by atoms with Gasteiger partial charge in [-0.25, -0.2) is 0 Å². The first kappa shape index (κ1) is 15.9. The van der Waals surface area contributed by atoms with Gasteiger partial charge >= 0.3 is 0 Å². The number of ether oxygens (including phenoxy) is 1. The number of benzene rings is 1. The van der Waals surface area contributed by atoms with E-state index in [1.165, 1.54) is 18.2 Å². The molecule has 0 spiro atoms. The molecule has 1 aromatic carbocycles. The summed E-state index contributed by atoms with van der Waals surface area (Å²) in [6, 6.07) is 4.09. The maximum absolute atomic E-state index is 11.0. The van der Waals surface area contributed by atoms with Crippen molar-refractivity contribution in [3.63, 3.8) is 0 Å². The van der Waals surface area contributed by atoms with Gasteiger partial charge in [0.1, 0.15) is 5.69 Å². The first-order valence-corrected chi connectivity index (χ1v) is 6.31. The van der Waals surface area contributed by atoms with Crippen LogP contribution in [-0.4, -0.2) is 30.6 Å². The molecule has 0 atom stereocenters. The largest absolute Gasteiger partial charge is 0.379 e. The van der Waals surface area contributed by atoms with Crippen molar-refractivity contribution in [2.75, 3.05) is 25.1 Å². The summed E-state index contributed by atoms with van der Waals surface area (Å²) in [5.74, 6) is -0.251. The minimum absolute atomic E-state index is 0.110. The number of hydrogen-bond acceptors (Lipinski definition) is 5. The highest BCUT2D eigenvalue weighted by Crippen LogP contribution is 2.25. The zero-order valence-corrected chi connectivity index (χ0v) is 11.6. The van der Waals surface area contributed by atoms with Crippen molar-refractivity contribution in [2.24, 2.45) is 11.7 Å². The number of carbonyl (C=O) groups is 1. The van der Waals surface area contributed by atoms with E-state index in [4.69, 9.17) is 10.5 Å². The predicted octanol–water partition coefficient (Wildman–Crippen LogP) is 1.78. The van der Waals surface area contributed by atoms with Crippen LogP contribution in [0.3, 0.4) is 0 Å². The van der Waals surface area contributed by atoms with E-state index >= 15 is 0 Å². The van der Waals surface area contributed by atoms with E-state index in [0.29, 0.717) is 31.4 Å². The monoisotopic (exact) mass is 281 g/mol. The molecule has 0 bridgehead atoms. The fourth-order valence-corrected chi connectivity index (χ4v) is 1.56. The first-order valence-electron chi connectivity index (χ1n) is 6.31. The third-order valence-electron chi connectivity index (χ3n) is 2.49. The molecule has 1 rings (SSSR count). The Balaban J connectivity index is 2.65. The smallest absolute Gasteiger partial charge is 0.293 e. The van der Waals surface area contributed by atoms with Crippen LogP contribution in [0.25, 0.3) is 0 Å². The summed E-state index contributed by atoms with van der Waals surface area (Å²) in [4.78, 5) is 21.4. The average Bonchev–Trinajstić information content (AvgIpc) is 2.37. The van der Waals surface area contributed by atoms with Crippen LogP contribution in [0.15, 0.2) is 18.2 Å². The molecule has 0 unspecified atom stereocenters. The molecule has 0 fully saturated rings. The molecular weight excluding hydrogens is 262 g/mol. The molecule has 3 N–H and O–H groups in total. The second-order valence-electron chi connectivity index (χ2n) is 4.75. The van der Waals surface area contributed by atoms with E-state index in [1.807, 2.05) is 13.8 Å². The number of nitro groups is 1. The van der Waals surface area contributed by atoms with Gasteiger partial charge in [-0.3, -0.25) is 14.9 Å². The summed E-state index contributed by atoms with van der Waals surface area (Å²) in [5, 5.41) is 13.9. The first-order chi connectivity index (χ1) is 9.41. The second kappa shape index (κ2) is 7.44. The van der Waals surface area contributed by atoms with Gasteiger partial charge in [-0.1, -0.05) is 13.8 Å². The number of nitrogens with two attached hydrogens (primary N) is 1. The fraction of sp³-hybridized carbons (Fsp3) is 0.462. The van der Waals surface area contributed by atoms with Crippen molar-refractivity contribution in [1.29, 1.82) is 0 Å². The zero-order valence-electron chi connectivity index (χ0n) is 11.6. The Kier molecular flexibility index (Phi) is 5.92. The summed E-state index contributed by atoms with van der Waals surface area (Å²) in [5.41, 5.74) is 5.37. The minimum Gasteiger partial charge on any atom is -0.379 e. The van der Waals surface area contributed by atoms with Crippen LogP contribution in [0.2, 0.25) is 0 Å². The summed E-state index contributed by atoms with van der Waals surface area (Å²) >= 11 is 0. The molecule has 0 aliphatic heterocycles. The fourth-order valence-electron chi connectivity index (χ4n) is 1.56. The highest BCUT2D eigenvalue weighted by molar-refractivity contribution is 5.94. The van der Waals surface area contributed by atoms with Crippen LogP contribution < -0.4 is 11.1 Å². The Labute approximate surface area is 117 Å². The van der Waals surface area contributed by atoms with Gasteiger partial charge in [0.15, 0.2) is 0 Å². The van der Waals surface area contributed by atoms with Crippen LogP contribution in [0.5, 0.6) is 0 Å². The van der Waals surface area contributed by atoms with E-state index in [2.05, 4.69) is 5.32 Å². The summed E-state index contributed by atoms with van der Waals surface area (Å²) < 4.78 is 5.37. The maximum atomic E-state index is 11.0. The Morgan fingerprint density at radius 1 is 1.50 bits per heavy atom. The number of nitrogens with zero attached hydrogens (tertiary/aromatic N) is 1. The summed E-state index contributed by atoms with van der Waals surface area (Å²) in [6.45, 7) is 5.63. The summed E-state index contributed by atoms with van der Waals surface area (Å²) in [7, 11) is 0. The molecular formula is C13H19N3O4. The Bertz CT molecular complexity index is 489. The lowest BCUT2D eigenvalue weighted by molar-refractivity contribution is -0.384. The van der Waals surface area contributed by atoms with Crippen LogP contribution in [0, 0.1) is 16.0 Å². The molecule has 1 amide bonds. The van der Waals surface area contributed by atoms with Gasteiger partial charge in [-0.15, -0.1) is 0 Å². The van der Waals surface area contributed by atoms with E-state index in [1.54, 1.807) is 0 Å². The topological polar surface area (TPSA) is 107 Å². The van der Waals surface area contributed by atoms with Gasteiger partial charge < -0.3 is 15.8 Å². The maximum Gasteiger partial charge on any atom is 0.293 e. The van der Waals surface area contributed by atoms with Crippen LogP contribution >= 0.6 is 0 Å². The molecule has 7 heteroatoms. The molecule has 1 aromatic rings. The van der Waals surface area contributed by atoms with E-state index < -0.39 is 10.8 Å². The average molecular weight is 281 g/mol. The summed E-state index contributed by atoms with van der Waals surface area (Å²) in [6.07, 6.45) is 0. The van der Waals surface area contributed by atoms with Crippen molar-refractivity contribution in [3.05, 3.63) is 33.9 Å². The van der Waals surface area contributed by atoms with Crippen molar-refractivity contribution < 1.29 is 14.5 Å². The number of primary amides is 1. The molecule has 7 nitrogen and oxygen atoms in total. The van der Waals surface area contributed by atoms with Crippen molar-refractivity contribution >= 4 is 17.3 Å². The van der Waals surface area contributed by atoms with Crippen LogP contribution in [0.4, 0.5) is 11.4 Å². The SMILES string of the molecule is CC(C)COCCNc1ccc(C(N)=O)cc1[N+](=O)[O-]. The number of nitro benzene ring substituents is 1. The quantitative estimate of drug-likeness (QED) is 0.429. The van der Waals surface area contributed by atoms with Crippen LogP contribution in [0.1, 0.15) is 24.2 Å². The van der Waals surface area contributed by atoms with Gasteiger partial charge in [0.05, 0.1) is 11.5 Å². The van der Waals surface area contributed by atoms with Crippen molar-refractivity contribution in [2.45, 2.75) is 13.8 Å². The van der Waals surface area contributed by atoms with Crippen molar-refractivity contribution in [1.82, 2.24) is 0 Å². The van der Waals surface area contributed by atoms with Gasteiger partial charge in [-0.05, 0) is 18.1 Å². The van der Waals surface area contributed by atoms with Gasteiger partial charge in [0.25, 0.3) is 5.69 Å². The lowest BCUT2D eigenvalue weighted by Gasteiger charge is -2.09. The Hall–Kier alpha value is -2.15. The van der Waals surface area contributed by atoms with Gasteiger partial charge in [0, 0.05) is 24.8 Å². The molecule has 0 aliphatic rings. The molecule has 0 heterocycles. The number of amides is 1. The molecule has 20 heavy (non-hydrogen) atoms. The van der Waals surface area contributed by atoms with E-state index in [-0.39, 0.29) is 11.3 Å². The van der Waals surface area contributed by atoms with Gasteiger partial charge in [0.2, 0.25) is 5.91 Å². The van der Waals surface area contributed by atoms with E-state index in [9.17, 15) is 14.9 Å². The molecule has 0 aromatic heterocycles. The lowest BCUT2D eigenvalue weighted by Crippen LogP contribution is -2.14. The minimum atomic E-state index is -0.695. The molecule has 0 aliphatic carbocycles. The Morgan fingerprint density at radius 2 is 2.20 bits per heavy atom. The highest BCUT2D eigenvalue weighted by atomic mass is 16.6. The normalized spacial score (nSPS) is 10.6. The number of carbonyl (C=O) groups excluding carboxylic acids is 1. The standard InChI is InChI=1S/C13H19N3O4/c1-9(2)8-20-6-5-15-11-4-3-10(13(14)17)7-12(11)16(18)19/h3-4,7,9,15H,5-6,8H2,1-2H3,(H2,14,17). The molecule has 0 radical (unpaired) electrons. The Morgan fingerprint density at radius 3 is 2.75 bits per heavy atom. The van der Waals surface area contributed by atoms with E-state index in [0.717, 1.165) is 0 Å². The number of rotatable bonds is 8. The lowest BCUT2D eigenvalue weighted by atomic mass is 10.1. The number of anilines is 1. The highest BCUT2D eigenvalue weighted by Gasteiger charge is 2.16. The third kappa shape index (κ3) is 4.85. The van der Waals surface area contributed by atoms with Crippen LogP contribution in [-0.2, 0) is 4.74 Å². The van der Waals surface area contributed by atoms with Crippen molar-refractivity contribution in [3.8, 4) is 0 Å². The zero-order chi connectivity index (χ0) is 15.1. The molecule has 0 saturated carbocycles. The predicted molar refractivity (Wildman–Crippen MR) is 75.8 cm³/mol. The third-order valence-corrected chi connectivity index (χ3v) is 2.49. The number of nitrogens with one attached hydrogen (secondary N) is 1. The van der Waals surface area contributed by atoms with Gasteiger partial charge in [-0.2, -0.15) is 0 Å². The number of hydrogen-bond donors (Lipinski definition) is 2. The second-order valence-corrected chi connectivity index (χ2v) is 4.75.